The molecule has 0 spiro atoms. The Bertz CT molecular complexity index is 2580. The molecule has 7 rings (SSSR count). The van der Waals surface area contributed by atoms with E-state index in [0.717, 1.165) is 28.1 Å². The zero-order chi connectivity index (χ0) is 41.3. The third kappa shape index (κ3) is 10.5. The molecule has 0 saturated heterocycles. The van der Waals surface area contributed by atoms with Crippen molar-refractivity contribution in [3.63, 3.8) is 0 Å². The molecule has 0 fully saturated rings. The second-order valence-corrected chi connectivity index (χ2v) is 14.5. The van der Waals surface area contributed by atoms with Gasteiger partial charge in [0, 0.05) is 43.3 Å². The molecule has 12 heteroatoms. The zero-order valence-corrected chi connectivity index (χ0v) is 34.0. The molecule has 0 aliphatic rings. The highest BCUT2D eigenvalue weighted by Crippen LogP contribution is 2.24. The second kappa shape index (κ2) is 18.5. The van der Waals surface area contributed by atoms with Crippen molar-refractivity contribution in [2.24, 2.45) is 0 Å². The van der Waals surface area contributed by atoms with E-state index in [2.05, 4.69) is 15.0 Å². The molecule has 0 saturated carbocycles. The summed E-state index contributed by atoms with van der Waals surface area (Å²) in [4.78, 5) is 40.5. The summed E-state index contributed by atoms with van der Waals surface area (Å²) in [7, 11) is 7.20. The molecule has 0 amide bonds. The molecule has 0 aliphatic carbocycles. The summed E-state index contributed by atoms with van der Waals surface area (Å²) >= 11 is 0. The fourth-order valence-corrected chi connectivity index (χ4v) is 5.84. The number of fused-ring (bicyclic) bond motifs is 2. The van der Waals surface area contributed by atoms with Gasteiger partial charge in [-0.05, 0) is 107 Å². The molecule has 3 aromatic heterocycles. The van der Waals surface area contributed by atoms with Crippen LogP contribution in [0.2, 0.25) is 0 Å². The molecule has 7 aromatic rings. The molecule has 4 aromatic carbocycles. The summed E-state index contributed by atoms with van der Waals surface area (Å²) in [5, 5.41) is 10.7. The van der Waals surface area contributed by atoms with Crippen LogP contribution in [-0.2, 0) is 18.0 Å². The quantitative estimate of drug-likeness (QED) is 0.167. The molecule has 12 nitrogen and oxygen atoms in total. The number of hydrogen-bond donors (Lipinski definition) is 1. The van der Waals surface area contributed by atoms with Crippen LogP contribution in [0.3, 0.4) is 0 Å². The fourth-order valence-electron chi connectivity index (χ4n) is 5.84. The average Bonchev–Trinajstić information content (AvgIpc) is 3.21. The van der Waals surface area contributed by atoms with Crippen LogP contribution in [0, 0.1) is 13.8 Å². The number of rotatable bonds is 8. The van der Waals surface area contributed by atoms with Crippen LogP contribution in [0.15, 0.2) is 120 Å². The first-order valence-electron chi connectivity index (χ1n) is 18.4. The molecule has 296 valence electrons. The number of aryl methyl sites for hydroxylation is 2. The van der Waals surface area contributed by atoms with Crippen molar-refractivity contribution in [3.8, 4) is 22.9 Å². The number of hydrogen-bond acceptors (Lipinski definition) is 10. The fraction of sp³-hybridized carbons (Fsp3) is 0.267. The number of aromatic nitrogens is 5. The topological polar surface area (TPSA) is 134 Å². The third-order valence-electron chi connectivity index (χ3n) is 8.93. The minimum atomic E-state index is -0.288. The average molecular weight is 771 g/mol. The van der Waals surface area contributed by atoms with Crippen molar-refractivity contribution >= 4 is 27.5 Å². The number of aliphatic hydroxyl groups excluding tert-OH is 1. The van der Waals surface area contributed by atoms with Crippen LogP contribution >= 0.6 is 0 Å². The molecule has 0 unspecified atom stereocenters. The minimum Gasteiger partial charge on any atom is -0.497 e. The molecule has 3 heterocycles. The number of nitrogens with zero attached hydrogens (tertiary/aromatic N) is 6. The number of pyridine rings is 1. The van der Waals surface area contributed by atoms with E-state index in [1.807, 2.05) is 120 Å². The second-order valence-electron chi connectivity index (χ2n) is 14.5. The molecular formula is C45H50N6O6. The summed E-state index contributed by atoms with van der Waals surface area (Å²) in [5.74, 6) is 1.35. The van der Waals surface area contributed by atoms with E-state index in [1.165, 1.54) is 16.6 Å². The van der Waals surface area contributed by atoms with Gasteiger partial charge in [0.05, 0.1) is 66.2 Å². The maximum Gasteiger partial charge on any atom is 0.265 e. The first-order chi connectivity index (χ1) is 27.2. The van der Waals surface area contributed by atoms with Gasteiger partial charge in [0.25, 0.3) is 11.1 Å². The highest BCUT2D eigenvalue weighted by Gasteiger charge is 2.16. The van der Waals surface area contributed by atoms with Gasteiger partial charge < -0.3 is 24.2 Å². The van der Waals surface area contributed by atoms with Crippen molar-refractivity contribution in [1.29, 1.82) is 0 Å². The lowest BCUT2D eigenvalue weighted by atomic mass is 10.1. The van der Waals surface area contributed by atoms with E-state index < -0.39 is 0 Å². The van der Waals surface area contributed by atoms with Gasteiger partial charge in [0.15, 0.2) is 0 Å². The Morgan fingerprint density at radius 1 is 0.667 bits per heavy atom. The first kappa shape index (κ1) is 41.8. The van der Waals surface area contributed by atoms with Crippen LogP contribution in [-0.4, -0.2) is 63.1 Å². The maximum absolute atomic E-state index is 13.0. The number of ether oxygens (including phenoxy) is 3. The van der Waals surface area contributed by atoms with Gasteiger partial charge in [0.1, 0.15) is 24.2 Å². The Kier molecular flexibility index (Phi) is 13.6. The summed E-state index contributed by atoms with van der Waals surface area (Å²) in [6, 6.07) is 26.0. The Morgan fingerprint density at radius 2 is 1.14 bits per heavy atom. The van der Waals surface area contributed by atoms with Gasteiger partial charge in [-0.3, -0.25) is 23.7 Å². The standard InChI is InChI=1S/C21H24N2O3.C17H16N2O3.C7H10N2/c1-14-6-8-18-17(10-14)20(24)23(13-22-18)19-9-7-16(25-5)11-15(19)12-26-21(2,3)4;1-11-3-5-15-14(7-11)17(21)19(10-18-15)16-6-4-13(22-2)8-12(16)9-20;1-9(2)7-3-5-8-6-4-7/h6-11,13H,12H2,1-5H3;3-8,10,20H,9H2,1-2H3;3-6H,1-2H3. The highest BCUT2D eigenvalue weighted by molar-refractivity contribution is 5.79. The number of benzene rings is 4. The van der Waals surface area contributed by atoms with Gasteiger partial charge in [-0.25, -0.2) is 9.97 Å². The lowest BCUT2D eigenvalue weighted by Gasteiger charge is -2.21. The van der Waals surface area contributed by atoms with Crippen LogP contribution in [0.5, 0.6) is 11.5 Å². The Labute approximate surface area is 332 Å². The van der Waals surface area contributed by atoms with Gasteiger partial charge in [0.2, 0.25) is 0 Å². The largest absolute Gasteiger partial charge is 0.497 e. The Hall–Kier alpha value is -6.37. The molecule has 0 bridgehead atoms. The van der Waals surface area contributed by atoms with Crippen LogP contribution in [0.1, 0.15) is 43.0 Å². The predicted octanol–water partition coefficient (Wildman–Crippen LogP) is 7.36. The van der Waals surface area contributed by atoms with Gasteiger partial charge in [-0.2, -0.15) is 0 Å². The van der Waals surface area contributed by atoms with Crippen LogP contribution < -0.4 is 25.5 Å². The highest BCUT2D eigenvalue weighted by atomic mass is 16.5. The summed E-state index contributed by atoms with van der Waals surface area (Å²) in [6.45, 7) is 10.1. The van der Waals surface area contributed by atoms with Gasteiger partial charge in [-0.1, -0.05) is 23.3 Å². The molecule has 57 heavy (non-hydrogen) atoms. The summed E-state index contributed by atoms with van der Waals surface area (Å²) in [6.07, 6.45) is 6.63. The van der Waals surface area contributed by atoms with Crippen molar-refractivity contribution in [1.82, 2.24) is 24.1 Å². The van der Waals surface area contributed by atoms with Crippen molar-refractivity contribution in [2.45, 2.75) is 53.4 Å². The van der Waals surface area contributed by atoms with E-state index in [-0.39, 0.29) is 23.3 Å². The smallest absolute Gasteiger partial charge is 0.265 e. The molecule has 1 N–H and O–H groups in total. The van der Waals surface area contributed by atoms with E-state index in [1.54, 1.807) is 55.7 Å². The molecule has 0 atom stereocenters. The number of aliphatic hydroxyl groups is 1. The van der Waals surface area contributed by atoms with Crippen molar-refractivity contribution in [3.05, 3.63) is 153 Å². The molecule has 0 radical (unpaired) electrons. The van der Waals surface area contributed by atoms with Crippen molar-refractivity contribution in [2.75, 3.05) is 33.2 Å². The Balaban J connectivity index is 0.000000181. The van der Waals surface area contributed by atoms with E-state index >= 15 is 0 Å². The van der Waals surface area contributed by atoms with E-state index in [4.69, 9.17) is 14.2 Å². The van der Waals surface area contributed by atoms with Crippen LogP contribution in [0.4, 0.5) is 5.69 Å². The van der Waals surface area contributed by atoms with E-state index in [0.29, 0.717) is 45.4 Å². The summed E-state index contributed by atoms with van der Waals surface area (Å²) < 4.78 is 19.4. The normalized spacial score (nSPS) is 11.0. The lowest BCUT2D eigenvalue weighted by Crippen LogP contribution is -2.22. The van der Waals surface area contributed by atoms with Gasteiger partial charge >= 0.3 is 0 Å². The molecule has 0 aliphatic heterocycles. The number of methoxy groups -OCH3 is 2. The SMILES string of the molecule is CN(C)c1ccncc1.COc1ccc(-n2cnc3ccc(C)cc3c2=O)c(CO)c1.COc1ccc(-n2cnc3ccc(C)cc3c2=O)c(COC(C)(C)C)c1. The first-order valence-corrected chi connectivity index (χ1v) is 18.4. The van der Waals surface area contributed by atoms with Crippen LogP contribution in [0.25, 0.3) is 33.2 Å². The predicted molar refractivity (Wildman–Crippen MR) is 226 cm³/mol. The maximum atomic E-state index is 13.0. The number of anilines is 1. The lowest BCUT2D eigenvalue weighted by molar-refractivity contribution is -0.0150. The third-order valence-corrected chi connectivity index (χ3v) is 8.93. The minimum absolute atomic E-state index is 0.0964. The molecular weight excluding hydrogens is 721 g/mol. The monoisotopic (exact) mass is 770 g/mol. The Morgan fingerprint density at radius 3 is 1.56 bits per heavy atom. The zero-order valence-electron chi connectivity index (χ0n) is 34.0. The van der Waals surface area contributed by atoms with E-state index in [9.17, 15) is 14.7 Å². The van der Waals surface area contributed by atoms with Gasteiger partial charge in [-0.15, -0.1) is 0 Å². The summed E-state index contributed by atoms with van der Waals surface area (Å²) in [5.41, 5.74) is 6.85. The van der Waals surface area contributed by atoms with Crippen molar-refractivity contribution < 1.29 is 19.3 Å².